The van der Waals surface area contributed by atoms with Crippen molar-refractivity contribution in [2.45, 2.75) is 19.8 Å². The first-order chi connectivity index (χ1) is 15.1. The minimum absolute atomic E-state index is 0.170. The molecule has 0 spiro atoms. The van der Waals surface area contributed by atoms with Crippen LogP contribution in [0.4, 0.5) is 5.69 Å². The Labute approximate surface area is 186 Å². The van der Waals surface area contributed by atoms with Crippen LogP contribution < -0.4 is 14.4 Å². The van der Waals surface area contributed by atoms with Crippen molar-refractivity contribution in [3.05, 3.63) is 52.7 Å². The number of para-hydroxylation sites is 1. The van der Waals surface area contributed by atoms with Gasteiger partial charge in [0.2, 0.25) is 5.91 Å². The minimum atomic E-state index is 0.170. The van der Waals surface area contributed by atoms with E-state index in [-0.39, 0.29) is 5.91 Å². The molecule has 5 rings (SSSR count). The van der Waals surface area contributed by atoms with Gasteiger partial charge in [-0.2, -0.15) is 0 Å². The van der Waals surface area contributed by atoms with Gasteiger partial charge in [0.05, 0.1) is 17.0 Å². The number of carbonyl (C=O) groups is 1. The van der Waals surface area contributed by atoms with Crippen LogP contribution in [0.5, 0.6) is 11.5 Å². The van der Waals surface area contributed by atoms with Crippen molar-refractivity contribution < 1.29 is 18.7 Å². The van der Waals surface area contributed by atoms with Gasteiger partial charge in [-0.3, -0.25) is 4.79 Å². The number of anilines is 1. The molecular formula is C24H25ClN2O4. The lowest BCUT2D eigenvalue weighted by molar-refractivity contribution is -0.131. The van der Waals surface area contributed by atoms with Crippen LogP contribution in [-0.4, -0.2) is 50.2 Å². The highest BCUT2D eigenvalue weighted by Gasteiger charge is 2.25. The Morgan fingerprint density at radius 1 is 1.06 bits per heavy atom. The van der Waals surface area contributed by atoms with Crippen LogP contribution in [0, 0.1) is 6.92 Å². The van der Waals surface area contributed by atoms with Gasteiger partial charge in [-0.25, -0.2) is 0 Å². The molecule has 0 N–H and O–H groups in total. The zero-order chi connectivity index (χ0) is 21.4. The predicted octanol–water partition coefficient (Wildman–Crippen LogP) is 4.45. The first-order valence-corrected chi connectivity index (χ1v) is 11.1. The SMILES string of the molecule is Cc1ccc(Cl)c2occ(CCC(=O)N3CCN(c4cccc5c4OCCO5)CC3)c12. The topological polar surface area (TPSA) is 55.2 Å². The lowest BCUT2D eigenvalue weighted by Gasteiger charge is -2.37. The fourth-order valence-corrected chi connectivity index (χ4v) is 4.65. The Morgan fingerprint density at radius 2 is 1.87 bits per heavy atom. The predicted molar refractivity (Wildman–Crippen MR) is 121 cm³/mol. The van der Waals surface area contributed by atoms with Crippen molar-refractivity contribution in [1.29, 1.82) is 0 Å². The fourth-order valence-electron chi connectivity index (χ4n) is 4.45. The Balaban J connectivity index is 1.21. The van der Waals surface area contributed by atoms with Crippen molar-refractivity contribution in [2.24, 2.45) is 0 Å². The molecule has 0 saturated carbocycles. The highest BCUT2D eigenvalue weighted by Crippen LogP contribution is 2.39. The quantitative estimate of drug-likeness (QED) is 0.600. The van der Waals surface area contributed by atoms with Crippen LogP contribution in [-0.2, 0) is 11.2 Å². The van der Waals surface area contributed by atoms with Crippen LogP contribution in [0.3, 0.4) is 0 Å². The van der Waals surface area contributed by atoms with Gasteiger partial charge in [-0.05, 0) is 42.7 Å². The van der Waals surface area contributed by atoms with Crippen LogP contribution >= 0.6 is 11.6 Å². The first kappa shape index (κ1) is 20.1. The highest BCUT2D eigenvalue weighted by molar-refractivity contribution is 6.35. The van der Waals surface area contributed by atoms with Gasteiger partial charge in [-0.15, -0.1) is 0 Å². The van der Waals surface area contributed by atoms with Gasteiger partial charge in [-0.1, -0.05) is 23.7 Å². The molecule has 162 valence electrons. The van der Waals surface area contributed by atoms with Gasteiger partial charge in [0.1, 0.15) is 13.2 Å². The van der Waals surface area contributed by atoms with E-state index in [0.717, 1.165) is 46.8 Å². The maximum Gasteiger partial charge on any atom is 0.223 e. The number of furan rings is 1. The molecule has 1 saturated heterocycles. The second kappa shape index (κ2) is 8.35. The van der Waals surface area contributed by atoms with E-state index in [1.165, 1.54) is 0 Å². The van der Waals surface area contributed by atoms with Crippen molar-refractivity contribution in [3.8, 4) is 11.5 Å². The zero-order valence-corrected chi connectivity index (χ0v) is 18.3. The van der Waals surface area contributed by atoms with E-state index in [4.69, 9.17) is 25.5 Å². The number of amides is 1. The third-order valence-corrected chi connectivity index (χ3v) is 6.38. The van der Waals surface area contributed by atoms with E-state index in [1.807, 2.05) is 36.1 Å². The monoisotopic (exact) mass is 440 g/mol. The Kier molecular flexibility index (Phi) is 5.40. The maximum atomic E-state index is 12.9. The number of carbonyl (C=O) groups excluding carboxylic acids is 1. The van der Waals surface area contributed by atoms with Gasteiger partial charge in [0.15, 0.2) is 17.1 Å². The summed E-state index contributed by atoms with van der Waals surface area (Å²) in [6.07, 6.45) is 2.83. The molecule has 6 nitrogen and oxygen atoms in total. The molecule has 0 atom stereocenters. The number of benzene rings is 2. The Hall–Kier alpha value is -2.86. The van der Waals surface area contributed by atoms with E-state index in [9.17, 15) is 4.79 Å². The number of hydrogen-bond donors (Lipinski definition) is 0. The molecule has 0 aliphatic carbocycles. The van der Waals surface area contributed by atoms with Crippen LogP contribution in [0.2, 0.25) is 5.02 Å². The number of hydrogen-bond acceptors (Lipinski definition) is 5. The van der Waals surface area contributed by atoms with Crippen LogP contribution in [0.15, 0.2) is 41.0 Å². The highest BCUT2D eigenvalue weighted by atomic mass is 35.5. The summed E-state index contributed by atoms with van der Waals surface area (Å²) in [4.78, 5) is 17.1. The molecule has 1 amide bonds. The number of fused-ring (bicyclic) bond motifs is 2. The van der Waals surface area contributed by atoms with Crippen LogP contribution in [0.1, 0.15) is 17.5 Å². The molecule has 3 heterocycles. The zero-order valence-electron chi connectivity index (χ0n) is 17.5. The smallest absolute Gasteiger partial charge is 0.223 e. The summed E-state index contributed by atoms with van der Waals surface area (Å²) in [7, 11) is 0. The number of rotatable bonds is 4. The first-order valence-electron chi connectivity index (χ1n) is 10.7. The average molecular weight is 441 g/mol. The van der Waals surface area contributed by atoms with E-state index < -0.39 is 0 Å². The fraction of sp³-hybridized carbons (Fsp3) is 0.375. The van der Waals surface area contributed by atoms with Crippen molar-refractivity contribution in [2.75, 3.05) is 44.3 Å². The molecule has 3 aromatic rings. The summed E-state index contributed by atoms with van der Waals surface area (Å²) in [6, 6.07) is 9.82. The molecule has 7 heteroatoms. The summed E-state index contributed by atoms with van der Waals surface area (Å²) in [5, 5.41) is 1.63. The summed E-state index contributed by atoms with van der Waals surface area (Å²) < 4.78 is 17.2. The summed E-state index contributed by atoms with van der Waals surface area (Å²) >= 11 is 6.24. The number of ether oxygens (including phenoxy) is 2. The van der Waals surface area contributed by atoms with E-state index >= 15 is 0 Å². The third-order valence-electron chi connectivity index (χ3n) is 6.08. The molecule has 0 radical (unpaired) electrons. The number of halogens is 1. The molecular weight excluding hydrogens is 416 g/mol. The second-order valence-electron chi connectivity index (χ2n) is 8.00. The lowest BCUT2D eigenvalue weighted by atomic mass is 10.0. The Bertz CT molecular complexity index is 1120. The average Bonchev–Trinajstić information content (AvgIpc) is 3.25. The molecule has 31 heavy (non-hydrogen) atoms. The Morgan fingerprint density at radius 3 is 2.71 bits per heavy atom. The van der Waals surface area contributed by atoms with Gasteiger partial charge >= 0.3 is 0 Å². The minimum Gasteiger partial charge on any atom is -0.486 e. The largest absolute Gasteiger partial charge is 0.486 e. The number of piperazine rings is 1. The van der Waals surface area contributed by atoms with Crippen LogP contribution in [0.25, 0.3) is 11.0 Å². The van der Waals surface area contributed by atoms with Gasteiger partial charge < -0.3 is 23.7 Å². The molecule has 2 aromatic carbocycles. The number of nitrogens with zero attached hydrogens (tertiary/aromatic N) is 2. The van der Waals surface area contributed by atoms with Gasteiger partial charge in [0, 0.05) is 38.0 Å². The van der Waals surface area contributed by atoms with E-state index in [1.54, 1.807) is 6.26 Å². The third kappa shape index (κ3) is 3.81. The summed E-state index contributed by atoms with van der Waals surface area (Å²) in [5.74, 6) is 1.78. The number of aryl methyl sites for hydroxylation is 2. The molecule has 2 aliphatic heterocycles. The van der Waals surface area contributed by atoms with Crippen molar-refractivity contribution in [3.63, 3.8) is 0 Å². The second-order valence-corrected chi connectivity index (χ2v) is 8.41. The molecule has 0 bridgehead atoms. The molecule has 2 aliphatic rings. The summed E-state index contributed by atoms with van der Waals surface area (Å²) in [6.45, 7) is 6.12. The van der Waals surface area contributed by atoms with Gasteiger partial charge in [0.25, 0.3) is 0 Å². The van der Waals surface area contributed by atoms with E-state index in [0.29, 0.717) is 49.8 Å². The normalized spacial score (nSPS) is 16.1. The maximum absolute atomic E-state index is 12.9. The van der Waals surface area contributed by atoms with E-state index in [2.05, 4.69) is 11.0 Å². The lowest BCUT2D eigenvalue weighted by Crippen LogP contribution is -2.49. The molecule has 1 aromatic heterocycles. The molecule has 1 fully saturated rings. The van der Waals surface area contributed by atoms with Crippen molar-refractivity contribution in [1.82, 2.24) is 4.90 Å². The van der Waals surface area contributed by atoms with Crippen molar-refractivity contribution >= 4 is 34.2 Å². The standard InChI is InChI=1S/C24H25ClN2O4/c1-16-5-7-18(25)23-22(16)17(15-31-23)6-8-21(28)27-11-9-26(10-12-27)19-3-2-4-20-24(19)30-14-13-29-20/h2-5,7,15H,6,8-14H2,1H3. The molecule has 0 unspecified atom stereocenters. The summed E-state index contributed by atoms with van der Waals surface area (Å²) in [5.41, 5.74) is 3.90.